The van der Waals surface area contributed by atoms with E-state index in [2.05, 4.69) is 32.1 Å². The number of alkyl halides is 4. The topological polar surface area (TPSA) is 173 Å². The highest BCUT2D eigenvalue weighted by Gasteiger charge is 2.67. The number of benzene rings is 2. The molecule has 3 heterocycles. The molecule has 3 aromatic heterocycles. The molecule has 0 amide bonds. The maximum atomic E-state index is 15.4. The van der Waals surface area contributed by atoms with Gasteiger partial charge in [-0.15, -0.1) is 0 Å². The average Bonchev–Trinajstić information content (AvgIpc) is 3.62. The van der Waals surface area contributed by atoms with E-state index in [4.69, 9.17) is 10.1 Å². The Morgan fingerprint density at radius 1 is 1.07 bits per heavy atom. The molecule has 12 nitrogen and oxygen atoms in total. The molecule has 6 N–H and O–H groups in total. The Kier molecular flexibility index (Phi) is 9.49. The van der Waals surface area contributed by atoms with Gasteiger partial charge in [0.25, 0.3) is 22.6 Å². The Morgan fingerprint density at radius 2 is 1.78 bits per heavy atom. The number of hydrogen-bond donors (Lipinski definition) is 5. The fraction of sp³-hybridized carbons (Fsp3) is 0.361. The molecular formula is C36H34F6N8O4S. The zero-order valence-electron chi connectivity index (χ0n) is 29.3. The average molecular weight is 789 g/mol. The van der Waals surface area contributed by atoms with Crippen LogP contribution in [0, 0.1) is 29.4 Å². The number of rotatable bonds is 11. The largest absolute Gasteiger partial charge is 0.378 e. The van der Waals surface area contributed by atoms with Gasteiger partial charge in [0.2, 0.25) is 0 Å². The fourth-order valence-electron chi connectivity index (χ4n) is 7.26. The van der Waals surface area contributed by atoms with Gasteiger partial charge >= 0.3 is 0 Å². The molecule has 0 radical (unpaired) electrons. The second kappa shape index (κ2) is 13.6. The maximum Gasteiger partial charge on any atom is 0.297 e. The summed E-state index contributed by atoms with van der Waals surface area (Å²) in [6.07, 6.45) is -5.14. The van der Waals surface area contributed by atoms with Gasteiger partial charge in [-0.2, -0.15) is 27.4 Å². The number of halogens is 6. The molecule has 0 aliphatic heterocycles. The van der Waals surface area contributed by atoms with Gasteiger partial charge in [0.1, 0.15) is 40.5 Å². The Labute approximate surface area is 310 Å². The van der Waals surface area contributed by atoms with Crippen LogP contribution in [0.5, 0.6) is 0 Å². The van der Waals surface area contributed by atoms with Crippen molar-refractivity contribution in [2.24, 2.45) is 18.1 Å². The number of hydrogen-bond acceptors (Lipinski definition) is 8. The number of nitrogens with one attached hydrogen (secondary N) is 2. The monoisotopic (exact) mass is 788 g/mol. The van der Waals surface area contributed by atoms with E-state index in [0.29, 0.717) is 32.8 Å². The van der Waals surface area contributed by atoms with Crippen LogP contribution in [0.15, 0.2) is 48.5 Å². The molecule has 0 saturated heterocycles. The third-order valence-corrected chi connectivity index (χ3v) is 9.89. The van der Waals surface area contributed by atoms with Gasteiger partial charge < -0.3 is 10.2 Å². The Morgan fingerprint density at radius 3 is 2.44 bits per heavy atom. The number of anilines is 1. The molecule has 2 aromatic carbocycles. The number of aryl methyl sites for hydroxylation is 1. The highest BCUT2D eigenvalue weighted by Crippen LogP contribution is 2.68. The summed E-state index contributed by atoms with van der Waals surface area (Å²) in [6.45, 7) is 2.18. The highest BCUT2D eigenvalue weighted by atomic mass is 32.2. The first-order chi connectivity index (χ1) is 25.7. The number of para-hydroxylation sites is 1. The summed E-state index contributed by atoms with van der Waals surface area (Å²) in [5.74, 6) is -1.84. The second-order valence-electron chi connectivity index (χ2n) is 14.2. The minimum absolute atomic E-state index is 0.0443. The van der Waals surface area contributed by atoms with E-state index in [1.54, 1.807) is 31.3 Å². The number of aliphatic hydroxyl groups excluding tert-OH is 1. The Hall–Kier alpha value is -5.00. The zero-order valence-corrected chi connectivity index (χ0v) is 30.1. The van der Waals surface area contributed by atoms with Crippen LogP contribution in [0.1, 0.15) is 72.6 Å². The fourth-order valence-corrected chi connectivity index (χ4v) is 7.68. The molecule has 7 rings (SSSR count). The second-order valence-corrected chi connectivity index (χ2v) is 15.5. The first kappa shape index (κ1) is 38.3. The molecule has 5 aromatic rings. The van der Waals surface area contributed by atoms with Gasteiger partial charge in [-0.05, 0) is 74.4 Å². The minimum atomic E-state index is -4.24. The summed E-state index contributed by atoms with van der Waals surface area (Å²) >= 11 is 0. The van der Waals surface area contributed by atoms with Crippen molar-refractivity contribution in [2.75, 3.05) is 4.72 Å². The number of nitrogens with two attached hydrogens (primary N) is 1. The molecule has 1 fully saturated rings. The number of nitrogens with zero attached hydrogens (tertiary/aromatic N) is 5. The zero-order chi connectivity index (χ0) is 39.8. The number of pyridine rings is 1. The molecule has 0 bridgehead atoms. The Bertz CT molecular complexity index is 2490. The van der Waals surface area contributed by atoms with Gasteiger partial charge in [0.05, 0.1) is 23.8 Å². The third kappa shape index (κ3) is 7.64. The molecular weight excluding hydrogens is 755 g/mol. The van der Waals surface area contributed by atoms with Crippen molar-refractivity contribution in [3.8, 4) is 23.0 Å². The molecule has 290 valence electrons. The van der Waals surface area contributed by atoms with Gasteiger partial charge in [-0.3, -0.25) is 19.4 Å². The van der Waals surface area contributed by atoms with Crippen molar-refractivity contribution in [1.82, 2.24) is 29.9 Å². The van der Waals surface area contributed by atoms with Crippen molar-refractivity contribution in [3.05, 3.63) is 94.1 Å². The normalized spacial score (nSPS) is 18.5. The van der Waals surface area contributed by atoms with Gasteiger partial charge in [0.15, 0.2) is 5.82 Å². The van der Waals surface area contributed by atoms with Crippen molar-refractivity contribution < 1.29 is 45.0 Å². The molecule has 1 unspecified atom stereocenters. The van der Waals surface area contributed by atoms with Crippen LogP contribution in [0.3, 0.4) is 0 Å². The summed E-state index contributed by atoms with van der Waals surface area (Å²) < 4.78 is 116. The standard InChI is InChI=1S/C36H34F6N8O4S/c1-35(2,52)10-9-20-7-8-21(22-5-4-6-23-31(22)49(3)47-34(23)48-55(43,53)54)29(44-20)26(13-17-11-18(37)14-19(38)12-17)45-27(51)16-50-32-28(30(46-50)33(39)40)24-15-25(24)36(32,41)42/h4-8,11-12,14,24-27,33,45,51-52H,13,15-16H2,1-3H3,(H,47,48)(H2,43,53,54)/t24-,25+,26-,27?/m0/s1. The minimum Gasteiger partial charge on any atom is -0.378 e. The van der Waals surface area contributed by atoms with Crippen LogP contribution < -0.4 is 15.2 Å². The summed E-state index contributed by atoms with van der Waals surface area (Å²) in [7, 11) is -2.70. The van der Waals surface area contributed by atoms with Gasteiger partial charge in [0, 0.05) is 41.1 Å². The molecule has 0 spiro atoms. The van der Waals surface area contributed by atoms with E-state index >= 15 is 8.78 Å². The molecule has 2 aliphatic rings. The van der Waals surface area contributed by atoms with Crippen LogP contribution in [0.4, 0.5) is 32.2 Å². The summed E-state index contributed by atoms with van der Waals surface area (Å²) in [6, 6.07) is 9.54. The molecule has 55 heavy (non-hydrogen) atoms. The summed E-state index contributed by atoms with van der Waals surface area (Å²) in [5.41, 5.74) is -1.68. The maximum absolute atomic E-state index is 15.4. The van der Waals surface area contributed by atoms with E-state index in [-0.39, 0.29) is 41.2 Å². The first-order valence-corrected chi connectivity index (χ1v) is 18.4. The highest BCUT2D eigenvalue weighted by molar-refractivity contribution is 7.90. The van der Waals surface area contributed by atoms with E-state index in [1.807, 2.05) is 0 Å². The van der Waals surface area contributed by atoms with Crippen molar-refractivity contribution in [1.29, 1.82) is 0 Å². The van der Waals surface area contributed by atoms with E-state index in [9.17, 15) is 36.2 Å². The van der Waals surface area contributed by atoms with Crippen LogP contribution in [-0.4, -0.2) is 55.0 Å². The lowest BCUT2D eigenvalue weighted by atomic mass is 9.93. The number of aromatic nitrogens is 5. The lowest BCUT2D eigenvalue weighted by Crippen LogP contribution is -2.39. The predicted octanol–water partition coefficient (Wildman–Crippen LogP) is 4.89. The van der Waals surface area contributed by atoms with E-state index < -0.39 is 81.8 Å². The lowest BCUT2D eigenvalue weighted by molar-refractivity contribution is -0.0334. The smallest absolute Gasteiger partial charge is 0.297 e. The van der Waals surface area contributed by atoms with Crippen molar-refractivity contribution in [3.63, 3.8) is 0 Å². The summed E-state index contributed by atoms with van der Waals surface area (Å²) in [5, 5.41) is 38.3. The first-order valence-electron chi connectivity index (χ1n) is 16.9. The van der Waals surface area contributed by atoms with Gasteiger partial charge in [-0.1, -0.05) is 18.1 Å². The number of fused-ring (bicyclic) bond motifs is 4. The van der Waals surface area contributed by atoms with E-state index in [1.165, 1.54) is 24.6 Å². The molecule has 19 heteroatoms. The SMILES string of the molecule is Cn1nc(NS(N)(=O)=O)c2cccc(-c3ccc(C#CC(C)(C)O)nc3[C@H](Cc3cc(F)cc(F)c3)NC(O)Cn3nc(C(F)F)c4c3C(F)(F)[C@@H]3C[C@H]43)c21. The predicted molar refractivity (Wildman–Crippen MR) is 188 cm³/mol. The van der Waals surface area contributed by atoms with Crippen LogP contribution in [0.25, 0.3) is 22.0 Å². The molecule has 4 atom stereocenters. The Balaban J connectivity index is 1.37. The van der Waals surface area contributed by atoms with Crippen molar-refractivity contribution >= 4 is 26.9 Å². The van der Waals surface area contributed by atoms with Crippen LogP contribution in [-0.2, 0) is 36.1 Å². The number of aliphatic hydroxyl groups is 2. The molecule has 1 saturated carbocycles. The third-order valence-electron chi connectivity index (χ3n) is 9.41. The van der Waals surface area contributed by atoms with Crippen LogP contribution in [0.2, 0.25) is 0 Å². The van der Waals surface area contributed by atoms with Gasteiger partial charge in [-0.25, -0.2) is 27.7 Å². The quantitative estimate of drug-likeness (QED) is 0.0716. The lowest BCUT2D eigenvalue weighted by Gasteiger charge is -2.26. The summed E-state index contributed by atoms with van der Waals surface area (Å²) in [4.78, 5) is 4.73. The van der Waals surface area contributed by atoms with Crippen molar-refractivity contribution in [2.45, 2.75) is 69.4 Å². The van der Waals surface area contributed by atoms with Crippen LogP contribution >= 0.6 is 0 Å². The molecule has 2 aliphatic carbocycles. The van der Waals surface area contributed by atoms with E-state index in [0.717, 1.165) is 12.1 Å².